The Balaban J connectivity index is 2.37. The average Bonchev–Trinajstić information content (AvgIpc) is 2.25. The molecule has 0 bridgehead atoms. The van der Waals surface area contributed by atoms with Crippen LogP contribution in [0, 0.1) is 11.8 Å². The van der Waals surface area contributed by atoms with Gasteiger partial charge in [0, 0.05) is 24.5 Å². The predicted molar refractivity (Wildman–Crippen MR) is 77.4 cm³/mol. The minimum atomic E-state index is -3.72. The number of primary sulfonamides is 1. The average molecular weight is 283 g/mol. The van der Waals surface area contributed by atoms with Gasteiger partial charge in [-0.15, -0.1) is 0 Å². The van der Waals surface area contributed by atoms with E-state index in [2.05, 4.69) is 18.7 Å². The van der Waals surface area contributed by atoms with Crippen molar-refractivity contribution in [2.75, 3.05) is 23.7 Å². The Morgan fingerprint density at radius 3 is 2.26 bits per heavy atom. The summed E-state index contributed by atoms with van der Waals surface area (Å²) in [5.74, 6) is 1.17. The third kappa shape index (κ3) is 3.39. The van der Waals surface area contributed by atoms with Gasteiger partial charge in [-0.2, -0.15) is 0 Å². The van der Waals surface area contributed by atoms with Crippen molar-refractivity contribution < 1.29 is 8.42 Å². The normalized spacial score (nSPS) is 24.5. The molecule has 4 N–H and O–H groups in total. The summed E-state index contributed by atoms with van der Waals surface area (Å²) in [6.07, 6.45) is 1.20. The van der Waals surface area contributed by atoms with Crippen molar-refractivity contribution in [3.63, 3.8) is 0 Å². The van der Waals surface area contributed by atoms with E-state index in [1.165, 1.54) is 12.5 Å². The molecule has 1 saturated heterocycles. The molecule has 0 amide bonds. The van der Waals surface area contributed by atoms with Gasteiger partial charge in [-0.3, -0.25) is 0 Å². The highest BCUT2D eigenvalue weighted by Gasteiger charge is 2.23. The van der Waals surface area contributed by atoms with Gasteiger partial charge in [0.2, 0.25) is 10.0 Å². The lowest BCUT2D eigenvalue weighted by atomic mass is 9.91. The minimum absolute atomic E-state index is 0.0772. The van der Waals surface area contributed by atoms with Gasteiger partial charge in [-0.05, 0) is 36.5 Å². The Kier molecular flexibility index (Phi) is 3.73. The molecule has 0 radical (unpaired) electrons. The molecule has 1 heterocycles. The lowest BCUT2D eigenvalue weighted by Gasteiger charge is -2.36. The van der Waals surface area contributed by atoms with E-state index < -0.39 is 10.0 Å². The summed E-state index contributed by atoms with van der Waals surface area (Å²) in [5.41, 5.74) is 7.04. The first-order valence-electron chi connectivity index (χ1n) is 6.44. The smallest absolute Gasteiger partial charge is 0.238 e. The molecular formula is C13H21N3O2S. The van der Waals surface area contributed by atoms with Gasteiger partial charge < -0.3 is 10.6 Å². The summed E-state index contributed by atoms with van der Waals surface area (Å²) >= 11 is 0. The minimum Gasteiger partial charge on any atom is -0.399 e. The quantitative estimate of drug-likeness (QED) is 0.803. The maximum absolute atomic E-state index is 11.5. The molecule has 0 aromatic heterocycles. The topological polar surface area (TPSA) is 89.4 Å². The predicted octanol–water partition coefficient (Wildman–Crippen LogP) is 1.40. The number of nitrogens with two attached hydrogens (primary N) is 2. The maximum atomic E-state index is 11.5. The van der Waals surface area contributed by atoms with Crippen molar-refractivity contribution in [2.24, 2.45) is 17.0 Å². The molecule has 106 valence electrons. The van der Waals surface area contributed by atoms with E-state index >= 15 is 0 Å². The lowest BCUT2D eigenvalue weighted by Crippen LogP contribution is -2.38. The van der Waals surface area contributed by atoms with Gasteiger partial charge >= 0.3 is 0 Å². The molecule has 2 atom stereocenters. The molecule has 2 unspecified atom stereocenters. The SMILES string of the molecule is CC1CC(C)CN(c2cc(N)cc(S(N)(=O)=O)c2)C1. The second kappa shape index (κ2) is 5.02. The molecular weight excluding hydrogens is 262 g/mol. The van der Waals surface area contributed by atoms with Gasteiger partial charge in [0.1, 0.15) is 0 Å². The van der Waals surface area contributed by atoms with Gasteiger partial charge in [0.05, 0.1) is 4.90 Å². The molecule has 0 saturated carbocycles. The number of nitrogen functional groups attached to an aromatic ring is 1. The third-order valence-corrected chi connectivity index (χ3v) is 4.37. The molecule has 1 aliphatic heterocycles. The van der Waals surface area contributed by atoms with Crippen LogP contribution < -0.4 is 15.8 Å². The Labute approximate surface area is 114 Å². The van der Waals surface area contributed by atoms with E-state index in [4.69, 9.17) is 10.9 Å². The molecule has 2 rings (SSSR count). The van der Waals surface area contributed by atoms with Crippen LogP contribution in [0.25, 0.3) is 0 Å². The molecule has 0 spiro atoms. The molecule has 1 fully saturated rings. The summed E-state index contributed by atoms with van der Waals surface area (Å²) in [5, 5.41) is 5.18. The zero-order valence-corrected chi connectivity index (χ0v) is 12.2. The number of benzene rings is 1. The van der Waals surface area contributed by atoms with E-state index in [1.807, 2.05) is 0 Å². The summed E-state index contributed by atoms with van der Waals surface area (Å²) in [4.78, 5) is 2.26. The number of hydrogen-bond acceptors (Lipinski definition) is 4. The van der Waals surface area contributed by atoms with Gasteiger partial charge in [-0.25, -0.2) is 13.6 Å². The molecule has 0 aliphatic carbocycles. The molecule has 1 aromatic carbocycles. The number of anilines is 2. The zero-order chi connectivity index (χ0) is 14.2. The molecule has 5 nitrogen and oxygen atoms in total. The Morgan fingerprint density at radius 1 is 1.16 bits per heavy atom. The summed E-state index contributed by atoms with van der Waals surface area (Å²) < 4.78 is 22.9. The van der Waals surface area contributed by atoms with Crippen LogP contribution in [0.1, 0.15) is 20.3 Å². The summed E-state index contributed by atoms with van der Waals surface area (Å²) in [7, 11) is -3.72. The van der Waals surface area contributed by atoms with Crippen LogP contribution in [0.2, 0.25) is 0 Å². The van der Waals surface area contributed by atoms with Crippen LogP contribution >= 0.6 is 0 Å². The maximum Gasteiger partial charge on any atom is 0.238 e. The fraction of sp³-hybridized carbons (Fsp3) is 0.538. The van der Waals surface area contributed by atoms with E-state index in [0.29, 0.717) is 17.5 Å². The summed E-state index contributed by atoms with van der Waals surface area (Å²) in [6, 6.07) is 4.81. The van der Waals surface area contributed by atoms with E-state index in [-0.39, 0.29) is 4.90 Å². The Hall–Kier alpha value is -1.27. The van der Waals surface area contributed by atoms with Crippen LogP contribution in [0.15, 0.2) is 23.1 Å². The highest BCUT2D eigenvalue weighted by Crippen LogP contribution is 2.29. The number of nitrogens with zero attached hydrogens (tertiary/aromatic N) is 1. The van der Waals surface area contributed by atoms with Gasteiger partial charge in [0.15, 0.2) is 0 Å². The standard InChI is InChI=1S/C13H21N3O2S/c1-9-3-10(2)8-16(7-9)12-4-11(14)5-13(6-12)19(15,17)18/h4-6,9-10H,3,7-8,14H2,1-2H3,(H2,15,17,18). The molecule has 19 heavy (non-hydrogen) atoms. The van der Waals surface area contributed by atoms with E-state index in [0.717, 1.165) is 18.8 Å². The number of sulfonamides is 1. The zero-order valence-electron chi connectivity index (χ0n) is 11.3. The van der Waals surface area contributed by atoms with Crippen molar-refractivity contribution in [1.82, 2.24) is 0 Å². The largest absolute Gasteiger partial charge is 0.399 e. The van der Waals surface area contributed by atoms with E-state index in [1.54, 1.807) is 12.1 Å². The first-order chi connectivity index (χ1) is 8.75. The van der Waals surface area contributed by atoms with Crippen molar-refractivity contribution in [3.8, 4) is 0 Å². The first-order valence-corrected chi connectivity index (χ1v) is 7.98. The first kappa shape index (κ1) is 14.1. The summed E-state index contributed by atoms with van der Waals surface area (Å²) in [6.45, 7) is 6.24. The van der Waals surface area contributed by atoms with Crippen LogP contribution in [0.5, 0.6) is 0 Å². The number of rotatable bonds is 2. The Morgan fingerprint density at radius 2 is 1.74 bits per heavy atom. The monoisotopic (exact) mass is 283 g/mol. The fourth-order valence-corrected chi connectivity index (χ4v) is 3.41. The number of piperidine rings is 1. The van der Waals surface area contributed by atoms with Crippen molar-refractivity contribution >= 4 is 21.4 Å². The third-order valence-electron chi connectivity index (χ3n) is 3.48. The highest BCUT2D eigenvalue weighted by atomic mass is 32.2. The Bertz CT molecular complexity index is 561. The van der Waals surface area contributed by atoms with Gasteiger partial charge in [-0.1, -0.05) is 13.8 Å². The number of hydrogen-bond donors (Lipinski definition) is 2. The molecule has 1 aromatic rings. The molecule has 1 aliphatic rings. The van der Waals surface area contributed by atoms with Crippen LogP contribution in [0.4, 0.5) is 11.4 Å². The van der Waals surface area contributed by atoms with Crippen LogP contribution in [0.3, 0.4) is 0 Å². The highest BCUT2D eigenvalue weighted by molar-refractivity contribution is 7.89. The van der Waals surface area contributed by atoms with Gasteiger partial charge in [0.25, 0.3) is 0 Å². The lowest BCUT2D eigenvalue weighted by molar-refractivity contribution is 0.357. The van der Waals surface area contributed by atoms with Crippen LogP contribution in [-0.4, -0.2) is 21.5 Å². The second-order valence-corrected chi connectivity index (χ2v) is 7.22. The van der Waals surface area contributed by atoms with Crippen molar-refractivity contribution in [2.45, 2.75) is 25.2 Å². The van der Waals surface area contributed by atoms with Crippen LogP contribution in [-0.2, 0) is 10.0 Å². The molecule has 6 heteroatoms. The van der Waals surface area contributed by atoms with Crippen molar-refractivity contribution in [1.29, 1.82) is 0 Å². The van der Waals surface area contributed by atoms with Crippen molar-refractivity contribution in [3.05, 3.63) is 18.2 Å². The second-order valence-electron chi connectivity index (χ2n) is 5.66. The fourth-order valence-electron chi connectivity index (χ4n) is 2.83. The van der Waals surface area contributed by atoms with E-state index in [9.17, 15) is 8.42 Å².